The molecule has 0 saturated carbocycles. The van der Waals surface area contributed by atoms with Crippen molar-refractivity contribution in [3.8, 4) is 17.2 Å². The van der Waals surface area contributed by atoms with E-state index in [1.807, 2.05) is 13.8 Å². The van der Waals surface area contributed by atoms with Gasteiger partial charge in [0, 0.05) is 42.6 Å². The predicted molar refractivity (Wildman–Crippen MR) is 68.5 cm³/mol. The quantitative estimate of drug-likeness (QED) is 0.582. The van der Waals surface area contributed by atoms with Crippen molar-refractivity contribution in [2.75, 3.05) is 0 Å². The molecule has 1 aromatic heterocycles. The lowest BCUT2D eigenvalue weighted by atomic mass is 10.1. The lowest BCUT2D eigenvalue weighted by molar-refractivity contribution is -0.131. The number of nitrogens with zero attached hydrogens (tertiary/aromatic N) is 1. The van der Waals surface area contributed by atoms with Gasteiger partial charge in [-0.1, -0.05) is 0 Å². The maximum absolute atomic E-state index is 11.3. The van der Waals surface area contributed by atoms with Gasteiger partial charge < -0.3 is 14.2 Å². The minimum Gasteiger partial charge on any atom is -0.451 e. The van der Waals surface area contributed by atoms with Crippen LogP contribution in [0.15, 0.2) is 18.5 Å². The molecular formula is C14H13NO4. The van der Waals surface area contributed by atoms with Crippen LogP contribution in [-0.2, 0) is 4.79 Å². The predicted octanol–water partition coefficient (Wildman–Crippen LogP) is 2.59. The van der Waals surface area contributed by atoms with Crippen LogP contribution in [0, 0.1) is 6.92 Å². The molecule has 0 spiro atoms. The highest BCUT2D eigenvalue weighted by molar-refractivity contribution is 5.98. The zero-order chi connectivity index (χ0) is 13.6. The van der Waals surface area contributed by atoms with E-state index in [0.717, 1.165) is 16.3 Å². The molecule has 5 nitrogen and oxygen atoms in total. The first kappa shape index (κ1) is 11.8. The lowest BCUT2D eigenvalue weighted by Gasteiger charge is -2.12. The first-order valence-corrected chi connectivity index (χ1v) is 6.00. The van der Waals surface area contributed by atoms with Crippen LogP contribution in [0.25, 0.3) is 10.8 Å². The second-order valence-corrected chi connectivity index (χ2v) is 4.43. The molecular weight excluding hydrogens is 246 g/mol. The Kier molecular flexibility index (Phi) is 2.55. The average Bonchev–Trinajstić information content (AvgIpc) is 2.76. The van der Waals surface area contributed by atoms with Gasteiger partial charge in [-0.2, -0.15) is 0 Å². The topological polar surface area (TPSA) is 57.7 Å². The number of hydrogen-bond acceptors (Lipinski definition) is 5. The van der Waals surface area contributed by atoms with Crippen LogP contribution in [0.3, 0.4) is 0 Å². The van der Waals surface area contributed by atoms with Crippen molar-refractivity contribution in [3.63, 3.8) is 0 Å². The Morgan fingerprint density at radius 3 is 2.79 bits per heavy atom. The van der Waals surface area contributed by atoms with Gasteiger partial charge >= 0.3 is 5.97 Å². The number of carbonyl (C=O) groups is 1. The summed E-state index contributed by atoms with van der Waals surface area (Å²) in [7, 11) is 0. The molecule has 19 heavy (non-hydrogen) atoms. The molecule has 3 rings (SSSR count). The third-order valence-electron chi connectivity index (χ3n) is 3.01. The summed E-state index contributed by atoms with van der Waals surface area (Å²) in [6.45, 7) is 5.03. The van der Waals surface area contributed by atoms with Gasteiger partial charge in [-0.25, -0.2) is 0 Å². The molecule has 1 aromatic carbocycles. The zero-order valence-electron chi connectivity index (χ0n) is 10.9. The molecule has 1 atom stereocenters. The molecule has 98 valence electrons. The van der Waals surface area contributed by atoms with Gasteiger partial charge in [-0.15, -0.1) is 0 Å². The van der Waals surface area contributed by atoms with Crippen molar-refractivity contribution < 1.29 is 19.0 Å². The highest BCUT2D eigenvalue weighted by Gasteiger charge is 2.28. The number of fused-ring (bicyclic) bond motifs is 3. The number of ether oxygens (including phenoxy) is 3. The normalized spacial score (nSPS) is 16.7. The number of hydrogen-bond donors (Lipinski definition) is 0. The summed E-state index contributed by atoms with van der Waals surface area (Å²) in [6.07, 6.45) is 2.98. The van der Waals surface area contributed by atoms with Crippen molar-refractivity contribution in [2.24, 2.45) is 0 Å². The van der Waals surface area contributed by atoms with Crippen molar-refractivity contribution in [2.45, 2.75) is 27.1 Å². The molecule has 0 radical (unpaired) electrons. The fraction of sp³-hybridized carbons (Fsp3) is 0.286. The SMILES string of the molecule is CC(=O)Oc1c(C)c2c(c3cnccc13)OC(C)O2. The largest absolute Gasteiger partial charge is 0.451 e. The first-order valence-electron chi connectivity index (χ1n) is 6.00. The fourth-order valence-electron chi connectivity index (χ4n) is 2.26. The van der Waals surface area contributed by atoms with E-state index in [2.05, 4.69) is 4.98 Å². The van der Waals surface area contributed by atoms with E-state index in [9.17, 15) is 4.79 Å². The van der Waals surface area contributed by atoms with E-state index >= 15 is 0 Å². The second kappa shape index (κ2) is 4.12. The molecule has 0 saturated heterocycles. The molecule has 0 aliphatic carbocycles. The highest BCUT2D eigenvalue weighted by Crippen LogP contribution is 2.48. The van der Waals surface area contributed by atoms with Crippen LogP contribution < -0.4 is 14.2 Å². The third kappa shape index (κ3) is 1.78. The highest BCUT2D eigenvalue weighted by atomic mass is 16.7. The minimum atomic E-state index is -0.367. The summed E-state index contributed by atoms with van der Waals surface area (Å²) in [6, 6.07) is 1.80. The number of carbonyl (C=O) groups excluding carboxylic acids is 1. The van der Waals surface area contributed by atoms with E-state index in [-0.39, 0.29) is 12.3 Å². The van der Waals surface area contributed by atoms with Crippen LogP contribution in [0.5, 0.6) is 17.2 Å². The number of esters is 1. The Morgan fingerprint density at radius 2 is 2.05 bits per heavy atom. The third-order valence-corrected chi connectivity index (χ3v) is 3.01. The second-order valence-electron chi connectivity index (χ2n) is 4.43. The molecule has 1 aliphatic heterocycles. The number of pyridine rings is 1. The van der Waals surface area contributed by atoms with Crippen LogP contribution in [0.2, 0.25) is 0 Å². The molecule has 1 unspecified atom stereocenters. The smallest absolute Gasteiger partial charge is 0.308 e. The van der Waals surface area contributed by atoms with Crippen LogP contribution in [-0.4, -0.2) is 17.2 Å². The molecule has 2 aromatic rings. The summed E-state index contributed by atoms with van der Waals surface area (Å²) in [5.74, 6) is 1.41. The van der Waals surface area contributed by atoms with E-state index in [0.29, 0.717) is 17.2 Å². The van der Waals surface area contributed by atoms with E-state index in [4.69, 9.17) is 14.2 Å². The van der Waals surface area contributed by atoms with Gasteiger partial charge in [0.1, 0.15) is 5.75 Å². The lowest BCUT2D eigenvalue weighted by Crippen LogP contribution is -2.11. The Bertz CT molecular complexity index is 681. The fourth-order valence-corrected chi connectivity index (χ4v) is 2.26. The van der Waals surface area contributed by atoms with Gasteiger partial charge in [0.2, 0.25) is 6.29 Å². The number of aromatic nitrogens is 1. The maximum Gasteiger partial charge on any atom is 0.308 e. The summed E-state index contributed by atoms with van der Waals surface area (Å²) < 4.78 is 16.6. The molecule has 0 fully saturated rings. The Hall–Kier alpha value is -2.30. The van der Waals surface area contributed by atoms with Gasteiger partial charge in [0.15, 0.2) is 11.5 Å². The maximum atomic E-state index is 11.3. The monoisotopic (exact) mass is 259 g/mol. The molecule has 1 aliphatic rings. The van der Waals surface area contributed by atoms with Gasteiger partial charge in [-0.05, 0) is 13.0 Å². The summed E-state index contributed by atoms with van der Waals surface area (Å²) in [5, 5.41) is 1.57. The molecule has 0 amide bonds. The Balaban J connectivity index is 2.34. The molecule has 2 heterocycles. The van der Waals surface area contributed by atoms with Crippen molar-refractivity contribution in [3.05, 3.63) is 24.0 Å². The van der Waals surface area contributed by atoms with Crippen LogP contribution in [0.1, 0.15) is 19.4 Å². The molecule has 0 N–H and O–H groups in total. The summed E-state index contributed by atoms with van der Waals surface area (Å²) >= 11 is 0. The Morgan fingerprint density at radius 1 is 1.32 bits per heavy atom. The standard InChI is InChI=1S/C14H13NO4/c1-7-12(17-8(2)16)10-4-5-15-6-11(10)14-13(7)18-9(3)19-14/h4-6,9H,1-3H3. The summed E-state index contributed by atoms with van der Waals surface area (Å²) in [4.78, 5) is 15.4. The Labute approximate surface area is 110 Å². The van der Waals surface area contributed by atoms with Crippen molar-refractivity contribution >= 4 is 16.7 Å². The zero-order valence-corrected chi connectivity index (χ0v) is 10.9. The summed E-state index contributed by atoms with van der Waals surface area (Å²) in [5.41, 5.74) is 0.758. The molecule has 0 bridgehead atoms. The van der Waals surface area contributed by atoms with E-state index in [1.54, 1.807) is 18.5 Å². The van der Waals surface area contributed by atoms with Crippen LogP contribution >= 0.6 is 0 Å². The van der Waals surface area contributed by atoms with Gasteiger partial charge in [0.25, 0.3) is 0 Å². The minimum absolute atomic E-state index is 0.357. The molecule has 5 heteroatoms. The average molecular weight is 259 g/mol. The van der Waals surface area contributed by atoms with Gasteiger partial charge in [-0.3, -0.25) is 9.78 Å². The van der Waals surface area contributed by atoms with E-state index < -0.39 is 0 Å². The van der Waals surface area contributed by atoms with Crippen molar-refractivity contribution in [1.29, 1.82) is 0 Å². The number of rotatable bonds is 1. The van der Waals surface area contributed by atoms with Crippen LogP contribution in [0.4, 0.5) is 0 Å². The first-order chi connectivity index (χ1) is 9.08. The van der Waals surface area contributed by atoms with Crippen molar-refractivity contribution in [1.82, 2.24) is 4.98 Å². The van der Waals surface area contributed by atoms with Gasteiger partial charge in [0.05, 0.1) is 0 Å². The van der Waals surface area contributed by atoms with E-state index in [1.165, 1.54) is 6.92 Å². The number of benzene rings is 1.